The van der Waals surface area contributed by atoms with Crippen molar-refractivity contribution in [3.63, 3.8) is 0 Å². The number of anilines is 1. The summed E-state index contributed by atoms with van der Waals surface area (Å²) in [6.45, 7) is 1.90. The Kier molecular flexibility index (Phi) is 4.54. The summed E-state index contributed by atoms with van der Waals surface area (Å²) < 4.78 is 27.8. The number of benzene rings is 1. The molecule has 2 aliphatic carbocycles. The van der Waals surface area contributed by atoms with Crippen LogP contribution in [0.15, 0.2) is 28.6 Å². The lowest BCUT2D eigenvalue weighted by Gasteiger charge is -2.21. The first-order valence-corrected chi connectivity index (χ1v) is 10.9. The zero-order chi connectivity index (χ0) is 18.3. The number of carbonyl (C=O) groups is 1. The predicted molar refractivity (Wildman–Crippen MR) is 98.6 cm³/mol. The zero-order valence-corrected chi connectivity index (χ0v) is 15.9. The van der Waals surface area contributed by atoms with Crippen molar-refractivity contribution in [2.24, 2.45) is 11.8 Å². The van der Waals surface area contributed by atoms with Crippen LogP contribution in [0.5, 0.6) is 0 Å². The normalized spacial score (nSPS) is 24.7. The van der Waals surface area contributed by atoms with Gasteiger partial charge in [-0.2, -0.15) is 0 Å². The van der Waals surface area contributed by atoms with Crippen LogP contribution in [0.1, 0.15) is 41.6 Å². The number of amides is 1. The molecule has 138 valence electrons. The molecule has 2 saturated carbocycles. The van der Waals surface area contributed by atoms with Gasteiger partial charge >= 0.3 is 0 Å². The molecule has 0 spiro atoms. The SMILES string of the molecule is Cc1cccc(C(=O)Nc2nnc(S(=O)(=O)N[C@@H]3C[C@H]4CC[C@H]3C4)s2)c1. The summed E-state index contributed by atoms with van der Waals surface area (Å²) in [5.74, 6) is 0.740. The molecule has 7 nitrogen and oxygen atoms in total. The molecule has 0 saturated heterocycles. The fourth-order valence-corrected chi connectivity index (χ4v) is 6.19. The molecule has 2 fully saturated rings. The molecule has 1 amide bonds. The first-order valence-electron chi connectivity index (χ1n) is 8.64. The first kappa shape index (κ1) is 17.6. The summed E-state index contributed by atoms with van der Waals surface area (Å²) >= 11 is 0.866. The van der Waals surface area contributed by atoms with Crippen LogP contribution in [-0.4, -0.2) is 30.6 Å². The van der Waals surface area contributed by atoms with E-state index in [0.29, 0.717) is 17.4 Å². The van der Waals surface area contributed by atoms with Gasteiger partial charge in [-0.05, 0) is 50.2 Å². The van der Waals surface area contributed by atoms with Crippen LogP contribution in [0.4, 0.5) is 5.13 Å². The molecule has 2 N–H and O–H groups in total. The smallest absolute Gasteiger partial charge is 0.270 e. The van der Waals surface area contributed by atoms with Gasteiger partial charge in [0.15, 0.2) is 0 Å². The van der Waals surface area contributed by atoms with Gasteiger partial charge in [-0.3, -0.25) is 10.1 Å². The van der Waals surface area contributed by atoms with E-state index in [4.69, 9.17) is 0 Å². The Morgan fingerprint density at radius 2 is 2.08 bits per heavy atom. The highest BCUT2D eigenvalue weighted by Gasteiger charge is 2.41. The van der Waals surface area contributed by atoms with Gasteiger partial charge in [0.1, 0.15) is 0 Å². The van der Waals surface area contributed by atoms with Crippen LogP contribution in [0.2, 0.25) is 0 Å². The van der Waals surface area contributed by atoms with Gasteiger partial charge in [-0.15, -0.1) is 10.2 Å². The van der Waals surface area contributed by atoms with Crippen LogP contribution in [-0.2, 0) is 10.0 Å². The van der Waals surface area contributed by atoms with E-state index < -0.39 is 10.0 Å². The average Bonchev–Trinajstić information content (AvgIpc) is 3.31. The first-order chi connectivity index (χ1) is 12.4. The lowest BCUT2D eigenvalue weighted by atomic mass is 9.96. The van der Waals surface area contributed by atoms with E-state index in [0.717, 1.165) is 36.2 Å². The quantitative estimate of drug-likeness (QED) is 0.762. The lowest BCUT2D eigenvalue weighted by Crippen LogP contribution is -2.38. The highest BCUT2D eigenvalue weighted by Crippen LogP contribution is 2.44. The Labute approximate surface area is 156 Å². The van der Waals surface area contributed by atoms with Gasteiger partial charge in [-0.1, -0.05) is 35.5 Å². The maximum Gasteiger partial charge on any atom is 0.270 e. The second kappa shape index (κ2) is 6.71. The van der Waals surface area contributed by atoms with Crippen LogP contribution < -0.4 is 10.0 Å². The van der Waals surface area contributed by atoms with Crippen LogP contribution in [0.3, 0.4) is 0 Å². The Morgan fingerprint density at radius 3 is 2.77 bits per heavy atom. The molecule has 1 heterocycles. The van der Waals surface area contributed by atoms with Crippen molar-refractivity contribution >= 4 is 32.4 Å². The highest BCUT2D eigenvalue weighted by atomic mass is 32.2. The van der Waals surface area contributed by atoms with Crippen molar-refractivity contribution in [1.29, 1.82) is 0 Å². The van der Waals surface area contributed by atoms with Crippen molar-refractivity contribution in [3.05, 3.63) is 35.4 Å². The third kappa shape index (κ3) is 3.51. The molecule has 0 aliphatic heterocycles. The molecule has 2 bridgehead atoms. The van der Waals surface area contributed by atoms with Crippen molar-refractivity contribution in [3.8, 4) is 0 Å². The summed E-state index contributed by atoms with van der Waals surface area (Å²) in [5, 5.41) is 10.4. The summed E-state index contributed by atoms with van der Waals surface area (Å²) in [6.07, 6.45) is 4.31. The number of aryl methyl sites for hydroxylation is 1. The van der Waals surface area contributed by atoms with E-state index in [1.807, 2.05) is 13.0 Å². The topological polar surface area (TPSA) is 101 Å². The minimum Gasteiger partial charge on any atom is -0.296 e. The second-order valence-electron chi connectivity index (χ2n) is 7.10. The lowest BCUT2D eigenvalue weighted by molar-refractivity contribution is 0.102. The number of rotatable bonds is 5. The Hall–Kier alpha value is -1.84. The molecule has 1 aromatic heterocycles. The predicted octanol–water partition coefficient (Wildman–Crippen LogP) is 2.57. The van der Waals surface area contributed by atoms with E-state index in [-0.39, 0.29) is 21.4 Å². The second-order valence-corrected chi connectivity index (χ2v) is 9.96. The molecule has 0 unspecified atom stereocenters. The number of sulfonamides is 1. The zero-order valence-electron chi connectivity index (χ0n) is 14.3. The van der Waals surface area contributed by atoms with E-state index in [9.17, 15) is 13.2 Å². The van der Waals surface area contributed by atoms with Gasteiger partial charge < -0.3 is 0 Å². The number of nitrogens with one attached hydrogen (secondary N) is 2. The molecular weight excluding hydrogens is 372 g/mol. The maximum absolute atomic E-state index is 12.6. The van der Waals surface area contributed by atoms with Crippen molar-refractivity contribution in [2.75, 3.05) is 5.32 Å². The largest absolute Gasteiger partial charge is 0.296 e. The maximum atomic E-state index is 12.6. The third-order valence-electron chi connectivity index (χ3n) is 5.18. The Bertz CT molecular complexity index is 941. The molecule has 3 atom stereocenters. The fourth-order valence-electron chi connectivity index (χ4n) is 3.96. The standard InChI is InChI=1S/C17H20N4O3S2/c1-10-3-2-4-13(7-10)15(22)18-16-19-20-17(25-16)26(23,24)21-14-9-11-5-6-12(14)8-11/h2-4,7,11-12,14,21H,5-6,8-9H2,1H3,(H,18,19,22)/t11-,12-,14+/m0/s1. The minimum absolute atomic E-state index is 0.00650. The molecule has 1 aromatic carbocycles. The van der Waals surface area contributed by atoms with Crippen LogP contribution >= 0.6 is 11.3 Å². The number of hydrogen-bond donors (Lipinski definition) is 2. The molecule has 9 heteroatoms. The number of carbonyl (C=O) groups excluding carboxylic acids is 1. The number of hydrogen-bond acceptors (Lipinski definition) is 6. The van der Waals surface area contributed by atoms with Crippen molar-refractivity contribution < 1.29 is 13.2 Å². The van der Waals surface area contributed by atoms with Gasteiger partial charge in [0, 0.05) is 11.6 Å². The summed E-state index contributed by atoms with van der Waals surface area (Å²) in [5.41, 5.74) is 1.46. The van der Waals surface area contributed by atoms with Gasteiger partial charge in [0.25, 0.3) is 15.9 Å². The van der Waals surface area contributed by atoms with E-state index in [1.54, 1.807) is 18.2 Å². The van der Waals surface area contributed by atoms with Crippen LogP contribution in [0.25, 0.3) is 0 Å². The summed E-state index contributed by atoms with van der Waals surface area (Å²) in [6, 6.07) is 7.13. The molecule has 2 aromatic rings. The van der Waals surface area contributed by atoms with E-state index in [2.05, 4.69) is 20.2 Å². The van der Waals surface area contributed by atoms with Crippen molar-refractivity contribution in [2.45, 2.75) is 43.0 Å². The fraction of sp³-hybridized carbons (Fsp3) is 0.471. The minimum atomic E-state index is -3.71. The van der Waals surface area contributed by atoms with Crippen LogP contribution in [0, 0.1) is 18.8 Å². The number of aromatic nitrogens is 2. The molecule has 4 rings (SSSR count). The molecular formula is C17H20N4O3S2. The molecule has 26 heavy (non-hydrogen) atoms. The summed E-state index contributed by atoms with van der Waals surface area (Å²) in [4.78, 5) is 12.3. The van der Waals surface area contributed by atoms with E-state index in [1.165, 1.54) is 6.42 Å². The number of nitrogens with zero attached hydrogens (tertiary/aromatic N) is 2. The van der Waals surface area contributed by atoms with Gasteiger partial charge in [0.2, 0.25) is 9.47 Å². The highest BCUT2D eigenvalue weighted by molar-refractivity contribution is 7.91. The third-order valence-corrected chi connectivity index (χ3v) is 7.88. The molecule has 0 radical (unpaired) electrons. The van der Waals surface area contributed by atoms with E-state index >= 15 is 0 Å². The van der Waals surface area contributed by atoms with Gasteiger partial charge in [0.05, 0.1) is 0 Å². The molecule has 2 aliphatic rings. The monoisotopic (exact) mass is 392 g/mol. The number of fused-ring (bicyclic) bond motifs is 2. The Morgan fingerprint density at radius 1 is 1.23 bits per heavy atom. The van der Waals surface area contributed by atoms with Crippen molar-refractivity contribution in [1.82, 2.24) is 14.9 Å². The Balaban J connectivity index is 1.44. The summed E-state index contributed by atoms with van der Waals surface area (Å²) in [7, 11) is -3.71. The average molecular weight is 393 g/mol. The van der Waals surface area contributed by atoms with Gasteiger partial charge in [-0.25, -0.2) is 13.1 Å².